The summed E-state index contributed by atoms with van der Waals surface area (Å²) in [5.41, 5.74) is 1.08. The molecule has 0 aliphatic rings. The molecule has 0 fully saturated rings. The maximum Gasteiger partial charge on any atom is 0.242 e. The number of hydrogen-bond donors (Lipinski definition) is 0. The standard InChI is InChI=1S/C10H15ClOSi/c1-13(2,3)12-10-7-5-4-6-9(10)8-11/h4-7H,8H2,1-3H3. The Balaban J connectivity index is 2.87. The Labute approximate surface area is 85.8 Å². The quantitative estimate of drug-likeness (QED) is 0.552. The van der Waals surface area contributed by atoms with Crippen LogP contribution in [0.25, 0.3) is 0 Å². The molecule has 0 saturated heterocycles. The lowest BCUT2D eigenvalue weighted by atomic mass is 10.2. The highest BCUT2D eigenvalue weighted by Gasteiger charge is 2.17. The summed E-state index contributed by atoms with van der Waals surface area (Å²) >= 11 is 5.80. The van der Waals surface area contributed by atoms with E-state index in [4.69, 9.17) is 16.0 Å². The van der Waals surface area contributed by atoms with Crippen LogP contribution in [0.1, 0.15) is 5.56 Å². The van der Waals surface area contributed by atoms with Crippen molar-refractivity contribution in [1.82, 2.24) is 0 Å². The molecule has 0 amide bonds. The van der Waals surface area contributed by atoms with E-state index in [2.05, 4.69) is 19.6 Å². The summed E-state index contributed by atoms with van der Waals surface area (Å²) < 4.78 is 5.88. The van der Waals surface area contributed by atoms with Crippen molar-refractivity contribution >= 4 is 19.9 Å². The summed E-state index contributed by atoms with van der Waals surface area (Å²) in [5, 5.41) is 0. The molecule has 0 saturated carbocycles. The summed E-state index contributed by atoms with van der Waals surface area (Å²) in [6, 6.07) is 7.94. The van der Waals surface area contributed by atoms with Crippen molar-refractivity contribution in [3.8, 4) is 5.75 Å². The van der Waals surface area contributed by atoms with Gasteiger partial charge in [-0.15, -0.1) is 11.6 Å². The number of alkyl halides is 1. The van der Waals surface area contributed by atoms with Gasteiger partial charge in [-0.2, -0.15) is 0 Å². The van der Waals surface area contributed by atoms with Crippen LogP contribution in [0.5, 0.6) is 5.75 Å². The predicted octanol–water partition coefficient (Wildman–Crippen LogP) is 3.64. The minimum Gasteiger partial charge on any atom is -0.544 e. The van der Waals surface area contributed by atoms with E-state index in [9.17, 15) is 0 Å². The van der Waals surface area contributed by atoms with E-state index in [1.165, 1.54) is 0 Å². The SMILES string of the molecule is C[Si](C)(C)Oc1ccccc1CCl. The van der Waals surface area contributed by atoms with Gasteiger partial charge >= 0.3 is 0 Å². The van der Waals surface area contributed by atoms with Gasteiger partial charge in [0.05, 0.1) is 5.88 Å². The van der Waals surface area contributed by atoms with Crippen molar-refractivity contribution < 1.29 is 4.43 Å². The molecular weight excluding hydrogens is 200 g/mol. The van der Waals surface area contributed by atoms with Gasteiger partial charge in [0.25, 0.3) is 0 Å². The van der Waals surface area contributed by atoms with Crippen LogP contribution in [0.2, 0.25) is 19.6 Å². The Morgan fingerprint density at radius 3 is 2.38 bits per heavy atom. The summed E-state index contributed by atoms with van der Waals surface area (Å²) in [6.45, 7) is 6.49. The fourth-order valence-electron chi connectivity index (χ4n) is 1.04. The molecule has 3 heteroatoms. The molecule has 0 aliphatic heterocycles. The lowest BCUT2D eigenvalue weighted by Crippen LogP contribution is -2.29. The molecule has 0 N–H and O–H groups in total. The summed E-state index contributed by atoms with van der Waals surface area (Å²) in [6.07, 6.45) is 0. The minimum absolute atomic E-state index is 0.515. The van der Waals surface area contributed by atoms with Gasteiger partial charge in [-0.05, 0) is 25.7 Å². The third kappa shape index (κ3) is 3.41. The van der Waals surface area contributed by atoms with Gasteiger partial charge in [-0.1, -0.05) is 18.2 Å². The summed E-state index contributed by atoms with van der Waals surface area (Å²) in [5.74, 6) is 1.46. The van der Waals surface area contributed by atoms with Crippen molar-refractivity contribution in [2.45, 2.75) is 25.5 Å². The number of rotatable bonds is 3. The second kappa shape index (κ2) is 4.16. The van der Waals surface area contributed by atoms with Crippen LogP contribution in [0, 0.1) is 0 Å². The number of para-hydroxylation sites is 1. The molecule has 1 aromatic carbocycles. The van der Waals surface area contributed by atoms with E-state index in [0.717, 1.165) is 11.3 Å². The molecule has 0 radical (unpaired) electrons. The number of halogens is 1. The first-order valence-electron chi connectivity index (χ1n) is 4.36. The van der Waals surface area contributed by atoms with Crippen molar-refractivity contribution in [2.24, 2.45) is 0 Å². The van der Waals surface area contributed by atoms with Crippen LogP contribution < -0.4 is 4.43 Å². The molecule has 1 aromatic rings. The summed E-state index contributed by atoms with van der Waals surface area (Å²) in [7, 11) is -1.50. The molecule has 0 unspecified atom stereocenters. The molecule has 0 spiro atoms. The molecule has 0 aromatic heterocycles. The van der Waals surface area contributed by atoms with Crippen LogP contribution in [-0.2, 0) is 5.88 Å². The average Bonchev–Trinajstić information content (AvgIpc) is 2.02. The van der Waals surface area contributed by atoms with Gasteiger partial charge in [0.15, 0.2) is 0 Å². The number of hydrogen-bond acceptors (Lipinski definition) is 1. The highest BCUT2D eigenvalue weighted by molar-refractivity contribution is 6.70. The van der Waals surface area contributed by atoms with Gasteiger partial charge < -0.3 is 4.43 Å². The van der Waals surface area contributed by atoms with E-state index in [0.29, 0.717) is 5.88 Å². The van der Waals surface area contributed by atoms with E-state index in [1.807, 2.05) is 24.3 Å². The lowest BCUT2D eigenvalue weighted by Gasteiger charge is -2.20. The first-order valence-corrected chi connectivity index (χ1v) is 8.30. The fraction of sp³-hybridized carbons (Fsp3) is 0.400. The largest absolute Gasteiger partial charge is 0.544 e. The van der Waals surface area contributed by atoms with E-state index in [-0.39, 0.29) is 0 Å². The zero-order valence-corrected chi connectivity index (χ0v) is 10.1. The highest BCUT2D eigenvalue weighted by Crippen LogP contribution is 2.22. The molecule has 0 atom stereocenters. The van der Waals surface area contributed by atoms with E-state index < -0.39 is 8.32 Å². The Kier molecular flexibility index (Phi) is 3.39. The van der Waals surface area contributed by atoms with Crippen LogP contribution in [-0.4, -0.2) is 8.32 Å². The lowest BCUT2D eigenvalue weighted by molar-refractivity contribution is 0.552. The van der Waals surface area contributed by atoms with E-state index >= 15 is 0 Å². The molecular formula is C10H15ClOSi. The minimum atomic E-state index is -1.50. The van der Waals surface area contributed by atoms with Crippen LogP contribution in [0.3, 0.4) is 0 Å². The van der Waals surface area contributed by atoms with E-state index in [1.54, 1.807) is 0 Å². The van der Waals surface area contributed by atoms with Crippen LogP contribution in [0.4, 0.5) is 0 Å². The van der Waals surface area contributed by atoms with Crippen LogP contribution in [0.15, 0.2) is 24.3 Å². The molecule has 72 valence electrons. The predicted molar refractivity (Wildman–Crippen MR) is 60.0 cm³/mol. The molecule has 0 bridgehead atoms. The molecule has 1 rings (SSSR count). The van der Waals surface area contributed by atoms with Gasteiger partial charge in [0.2, 0.25) is 8.32 Å². The smallest absolute Gasteiger partial charge is 0.242 e. The van der Waals surface area contributed by atoms with Crippen molar-refractivity contribution in [1.29, 1.82) is 0 Å². The fourth-order valence-corrected chi connectivity index (χ4v) is 2.12. The second-order valence-corrected chi connectivity index (χ2v) is 8.65. The maximum atomic E-state index is 5.88. The average molecular weight is 215 g/mol. The molecule has 13 heavy (non-hydrogen) atoms. The highest BCUT2D eigenvalue weighted by atomic mass is 35.5. The van der Waals surface area contributed by atoms with Gasteiger partial charge in [0.1, 0.15) is 5.75 Å². The molecule has 1 nitrogen and oxygen atoms in total. The molecule has 0 heterocycles. The topological polar surface area (TPSA) is 9.23 Å². The first-order chi connectivity index (χ1) is 6.03. The monoisotopic (exact) mass is 214 g/mol. The Morgan fingerprint density at radius 1 is 1.23 bits per heavy atom. The zero-order chi connectivity index (χ0) is 9.90. The van der Waals surface area contributed by atoms with Crippen LogP contribution >= 0.6 is 11.6 Å². The third-order valence-electron chi connectivity index (χ3n) is 1.53. The number of benzene rings is 1. The normalized spacial score (nSPS) is 11.4. The zero-order valence-electron chi connectivity index (χ0n) is 8.30. The van der Waals surface area contributed by atoms with Gasteiger partial charge in [-0.25, -0.2) is 0 Å². The van der Waals surface area contributed by atoms with Crippen molar-refractivity contribution in [2.75, 3.05) is 0 Å². The van der Waals surface area contributed by atoms with Crippen molar-refractivity contribution in [3.05, 3.63) is 29.8 Å². The second-order valence-electron chi connectivity index (χ2n) is 3.96. The maximum absolute atomic E-state index is 5.88. The van der Waals surface area contributed by atoms with Gasteiger partial charge in [-0.3, -0.25) is 0 Å². The van der Waals surface area contributed by atoms with Gasteiger partial charge in [0, 0.05) is 5.56 Å². The first kappa shape index (κ1) is 10.6. The molecule has 0 aliphatic carbocycles. The Bertz CT molecular complexity index is 280. The van der Waals surface area contributed by atoms with Crippen molar-refractivity contribution in [3.63, 3.8) is 0 Å². The Morgan fingerprint density at radius 2 is 1.85 bits per heavy atom. The summed E-state index contributed by atoms with van der Waals surface area (Å²) in [4.78, 5) is 0. The Hall–Kier alpha value is -0.473. The third-order valence-corrected chi connectivity index (χ3v) is 2.65.